The molecule has 0 aliphatic rings. The van der Waals surface area contributed by atoms with Crippen LogP contribution in [-0.4, -0.2) is 6.04 Å². The Hall–Kier alpha value is -0.550. The van der Waals surface area contributed by atoms with Gasteiger partial charge < -0.3 is 9.73 Å². The molecule has 0 unspecified atom stereocenters. The molecule has 0 amide bonds. The number of nitrogens with one attached hydrogen (secondary N) is 1. The lowest BCUT2D eigenvalue weighted by Gasteiger charge is -2.07. The summed E-state index contributed by atoms with van der Waals surface area (Å²) in [4.78, 5) is 0. The van der Waals surface area contributed by atoms with Crippen molar-refractivity contribution in [2.75, 3.05) is 0 Å². The van der Waals surface area contributed by atoms with Gasteiger partial charge in [0.05, 0.1) is 6.54 Å². The first-order chi connectivity index (χ1) is 8.61. The number of rotatable bonds is 5. The van der Waals surface area contributed by atoms with Crippen LogP contribution in [-0.2, 0) is 13.0 Å². The first kappa shape index (κ1) is 13.9. The van der Waals surface area contributed by atoms with E-state index in [0.717, 1.165) is 30.7 Å². The lowest BCUT2D eigenvalue weighted by atomic mass is 10.1. The smallest absolute Gasteiger partial charge is 0.134 e. The van der Waals surface area contributed by atoms with Crippen LogP contribution in [0.2, 0.25) is 0 Å². The van der Waals surface area contributed by atoms with E-state index in [0.29, 0.717) is 6.04 Å². The fourth-order valence-electron chi connectivity index (χ4n) is 2.14. The predicted octanol–water partition coefficient (Wildman–Crippen LogP) is 4.49. The minimum Gasteiger partial charge on any atom is -0.459 e. The molecule has 0 saturated heterocycles. The van der Waals surface area contributed by atoms with Crippen LogP contribution in [0.5, 0.6) is 0 Å². The summed E-state index contributed by atoms with van der Waals surface area (Å²) >= 11 is 2.36. The Bertz CT molecular complexity index is 531. The highest BCUT2D eigenvalue weighted by molar-refractivity contribution is 14.1. The minimum atomic E-state index is 0.479. The Morgan fingerprint density at radius 2 is 2.11 bits per heavy atom. The van der Waals surface area contributed by atoms with Gasteiger partial charge in [-0.05, 0) is 47.2 Å². The predicted molar refractivity (Wildman–Crippen MR) is 84.9 cm³/mol. The molecule has 2 nitrogen and oxygen atoms in total. The first-order valence-electron chi connectivity index (χ1n) is 6.55. The third kappa shape index (κ3) is 3.06. The second kappa shape index (κ2) is 6.06. The molecule has 0 aliphatic carbocycles. The summed E-state index contributed by atoms with van der Waals surface area (Å²) in [5.41, 5.74) is 2.39. The molecular weight excluding hydrogens is 337 g/mol. The van der Waals surface area contributed by atoms with Crippen molar-refractivity contribution in [3.63, 3.8) is 0 Å². The second-order valence-corrected chi connectivity index (χ2v) is 6.18. The van der Waals surface area contributed by atoms with Crippen molar-refractivity contribution in [2.45, 2.75) is 46.2 Å². The summed E-state index contributed by atoms with van der Waals surface area (Å²) < 4.78 is 7.26. The molecule has 0 atom stereocenters. The highest BCUT2D eigenvalue weighted by atomic mass is 127. The lowest BCUT2D eigenvalue weighted by molar-refractivity contribution is 0.483. The van der Waals surface area contributed by atoms with Crippen LogP contribution in [0.1, 0.15) is 38.5 Å². The van der Waals surface area contributed by atoms with Gasteiger partial charge >= 0.3 is 0 Å². The van der Waals surface area contributed by atoms with Gasteiger partial charge in [-0.15, -0.1) is 0 Å². The molecule has 3 heteroatoms. The van der Waals surface area contributed by atoms with Gasteiger partial charge in [0.1, 0.15) is 11.3 Å². The Morgan fingerprint density at radius 1 is 1.33 bits per heavy atom. The number of furan rings is 1. The Morgan fingerprint density at radius 3 is 2.78 bits per heavy atom. The maximum absolute atomic E-state index is 5.99. The summed E-state index contributed by atoms with van der Waals surface area (Å²) in [7, 11) is 0. The lowest BCUT2D eigenvalue weighted by Crippen LogP contribution is -2.22. The van der Waals surface area contributed by atoms with E-state index < -0.39 is 0 Å². The molecule has 1 aromatic heterocycles. The van der Waals surface area contributed by atoms with Gasteiger partial charge in [0, 0.05) is 20.6 Å². The maximum atomic E-state index is 5.99. The van der Waals surface area contributed by atoms with Gasteiger partial charge in [0.2, 0.25) is 0 Å². The third-order valence-electron chi connectivity index (χ3n) is 3.01. The molecule has 1 heterocycles. The SMILES string of the molecule is CCCc1c(CNC(C)C)oc2ccc(I)cc12. The van der Waals surface area contributed by atoms with Crippen LogP contribution in [0.3, 0.4) is 0 Å². The third-order valence-corrected chi connectivity index (χ3v) is 3.68. The molecule has 18 heavy (non-hydrogen) atoms. The monoisotopic (exact) mass is 357 g/mol. The Kier molecular flexibility index (Phi) is 4.67. The minimum absolute atomic E-state index is 0.479. The molecule has 0 fully saturated rings. The van der Waals surface area contributed by atoms with Gasteiger partial charge in [0.15, 0.2) is 0 Å². The van der Waals surface area contributed by atoms with E-state index in [2.05, 4.69) is 66.9 Å². The molecule has 0 radical (unpaired) electrons. The largest absolute Gasteiger partial charge is 0.459 e. The topological polar surface area (TPSA) is 25.2 Å². The summed E-state index contributed by atoms with van der Waals surface area (Å²) in [5, 5.41) is 4.72. The molecule has 2 rings (SSSR count). The maximum Gasteiger partial charge on any atom is 0.134 e. The van der Waals surface area contributed by atoms with Crippen LogP contribution in [0.25, 0.3) is 11.0 Å². The van der Waals surface area contributed by atoms with Crippen molar-refractivity contribution >= 4 is 33.6 Å². The van der Waals surface area contributed by atoms with Gasteiger partial charge in [-0.2, -0.15) is 0 Å². The van der Waals surface area contributed by atoms with Crippen molar-refractivity contribution < 1.29 is 4.42 Å². The van der Waals surface area contributed by atoms with Crippen LogP contribution < -0.4 is 5.32 Å². The van der Waals surface area contributed by atoms with Crippen molar-refractivity contribution in [1.29, 1.82) is 0 Å². The normalized spacial score (nSPS) is 11.6. The number of halogens is 1. The molecule has 0 spiro atoms. The fourth-order valence-corrected chi connectivity index (χ4v) is 2.63. The first-order valence-corrected chi connectivity index (χ1v) is 7.63. The summed E-state index contributed by atoms with van der Waals surface area (Å²) in [6.45, 7) is 7.35. The Labute approximate surface area is 122 Å². The molecule has 1 aromatic carbocycles. The number of hydrogen-bond acceptors (Lipinski definition) is 2. The van der Waals surface area contributed by atoms with E-state index in [1.54, 1.807) is 0 Å². The van der Waals surface area contributed by atoms with Crippen LogP contribution in [0.4, 0.5) is 0 Å². The molecule has 0 saturated carbocycles. The quantitative estimate of drug-likeness (QED) is 0.798. The van der Waals surface area contributed by atoms with E-state index in [1.807, 2.05) is 0 Å². The summed E-state index contributed by atoms with van der Waals surface area (Å²) in [6, 6.07) is 6.88. The highest BCUT2D eigenvalue weighted by Gasteiger charge is 2.13. The number of aryl methyl sites for hydroxylation is 1. The molecule has 98 valence electrons. The number of benzene rings is 1. The molecule has 0 aliphatic heterocycles. The zero-order chi connectivity index (χ0) is 13.1. The zero-order valence-electron chi connectivity index (χ0n) is 11.2. The standard InChI is InChI=1S/C15H20INO/c1-4-5-12-13-8-11(16)6-7-14(13)18-15(12)9-17-10(2)3/h6-8,10,17H,4-5,9H2,1-3H3. The van der Waals surface area contributed by atoms with Crippen molar-refractivity contribution in [1.82, 2.24) is 5.32 Å². The van der Waals surface area contributed by atoms with Gasteiger partial charge in [-0.25, -0.2) is 0 Å². The van der Waals surface area contributed by atoms with Gasteiger partial charge in [0.25, 0.3) is 0 Å². The fraction of sp³-hybridized carbons (Fsp3) is 0.467. The summed E-state index contributed by atoms with van der Waals surface area (Å²) in [6.07, 6.45) is 2.23. The van der Waals surface area contributed by atoms with Crippen LogP contribution >= 0.6 is 22.6 Å². The second-order valence-electron chi connectivity index (χ2n) is 4.93. The molecular formula is C15H20INO. The molecule has 2 aromatic rings. The molecule has 1 N–H and O–H groups in total. The molecule has 0 bridgehead atoms. The van der Waals surface area contributed by atoms with E-state index in [9.17, 15) is 0 Å². The van der Waals surface area contributed by atoms with Gasteiger partial charge in [-0.3, -0.25) is 0 Å². The van der Waals surface area contributed by atoms with E-state index in [-0.39, 0.29) is 0 Å². The van der Waals surface area contributed by atoms with E-state index >= 15 is 0 Å². The van der Waals surface area contributed by atoms with Crippen LogP contribution in [0, 0.1) is 3.57 Å². The Balaban J connectivity index is 2.41. The summed E-state index contributed by atoms with van der Waals surface area (Å²) in [5.74, 6) is 1.10. The average Bonchev–Trinajstić information content (AvgIpc) is 2.65. The average molecular weight is 357 g/mol. The van der Waals surface area contributed by atoms with Crippen molar-refractivity contribution in [3.05, 3.63) is 33.1 Å². The van der Waals surface area contributed by atoms with E-state index in [4.69, 9.17) is 4.42 Å². The van der Waals surface area contributed by atoms with Gasteiger partial charge in [-0.1, -0.05) is 27.2 Å². The van der Waals surface area contributed by atoms with E-state index in [1.165, 1.54) is 14.5 Å². The number of hydrogen-bond donors (Lipinski definition) is 1. The van der Waals surface area contributed by atoms with Crippen molar-refractivity contribution in [2.24, 2.45) is 0 Å². The zero-order valence-corrected chi connectivity index (χ0v) is 13.4. The number of fused-ring (bicyclic) bond motifs is 1. The highest BCUT2D eigenvalue weighted by Crippen LogP contribution is 2.28. The van der Waals surface area contributed by atoms with Crippen molar-refractivity contribution in [3.8, 4) is 0 Å². The van der Waals surface area contributed by atoms with Crippen LogP contribution in [0.15, 0.2) is 22.6 Å².